The van der Waals surface area contributed by atoms with E-state index >= 15 is 0 Å². The highest BCUT2D eigenvalue weighted by molar-refractivity contribution is 6.01. The van der Waals surface area contributed by atoms with Crippen LogP contribution in [0, 0.1) is 17.3 Å². The molecule has 0 spiro atoms. The van der Waals surface area contributed by atoms with Gasteiger partial charge in [0, 0.05) is 6.08 Å². The molecule has 35 heavy (non-hydrogen) atoms. The Labute approximate surface area is 201 Å². The molecule has 0 saturated carbocycles. The Morgan fingerprint density at radius 3 is 2.54 bits per heavy atom. The average Bonchev–Trinajstić information content (AvgIpc) is 3.26. The van der Waals surface area contributed by atoms with Gasteiger partial charge in [0.2, 0.25) is 5.95 Å². The molecular weight excluding hydrogens is 445 g/mol. The average molecular weight is 468 g/mol. The Kier molecular flexibility index (Phi) is 6.74. The molecule has 0 atom stereocenters. The monoisotopic (exact) mass is 467 g/mol. The molecule has 0 aliphatic heterocycles. The highest BCUT2D eigenvalue weighted by Crippen LogP contribution is 2.37. The van der Waals surface area contributed by atoms with Crippen LogP contribution in [-0.4, -0.2) is 28.4 Å². The lowest BCUT2D eigenvalue weighted by molar-refractivity contribution is -0.131. The molecule has 0 radical (unpaired) electrons. The summed E-state index contributed by atoms with van der Waals surface area (Å²) in [5.74, 6) is -1.03. The highest BCUT2D eigenvalue weighted by atomic mass is 19.1. The number of aromatic amines is 1. The number of halogens is 1. The zero-order chi connectivity index (χ0) is 24.9. The number of carboxylic acid groups (broad SMARTS) is 1. The zero-order valence-corrected chi connectivity index (χ0v) is 19.2. The number of methoxy groups -OCH3 is 1. The van der Waals surface area contributed by atoms with Crippen LogP contribution in [0.25, 0.3) is 28.1 Å². The molecule has 0 amide bonds. The fraction of sp³-hybridized carbons (Fsp3) is 0.107. The van der Waals surface area contributed by atoms with E-state index in [0.717, 1.165) is 39.5 Å². The first-order valence-electron chi connectivity index (χ1n) is 10.9. The molecular formula is C28H22FN3O3. The van der Waals surface area contributed by atoms with E-state index in [2.05, 4.69) is 16.3 Å². The largest absolute Gasteiger partial charge is 0.497 e. The maximum absolute atomic E-state index is 14.3. The summed E-state index contributed by atoms with van der Waals surface area (Å²) in [5, 5.41) is 25.5. The van der Waals surface area contributed by atoms with Crippen LogP contribution >= 0.6 is 0 Å². The van der Waals surface area contributed by atoms with Crippen molar-refractivity contribution in [3.63, 3.8) is 0 Å². The van der Waals surface area contributed by atoms with Gasteiger partial charge in [-0.2, -0.15) is 9.65 Å². The third-order valence-electron chi connectivity index (χ3n) is 5.75. The van der Waals surface area contributed by atoms with Gasteiger partial charge in [-0.1, -0.05) is 37.3 Å². The lowest BCUT2D eigenvalue weighted by atomic mass is 9.86. The number of ether oxygens (including phenoxy) is 1. The molecule has 1 aromatic heterocycles. The van der Waals surface area contributed by atoms with Crippen LogP contribution in [0.5, 0.6) is 5.75 Å². The molecule has 174 valence electrons. The van der Waals surface area contributed by atoms with Crippen LogP contribution < -0.4 is 4.74 Å². The van der Waals surface area contributed by atoms with Crippen LogP contribution in [0.4, 0.5) is 4.39 Å². The number of aromatic nitrogens is 2. The minimum absolute atomic E-state index is 0.367. The molecule has 7 heteroatoms. The minimum atomic E-state index is -1.03. The first-order chi connectivity index (χ1) is 16.9. The van der Waals surface area contributed by atoms with Gasteiger partial charge < -0.3 is 9.84 Å². The normalized spacial score (nSPS) is 11.9. The predicted molar refractivity (Wildman–Crippen MR) is 133 cm³/mol. The second-order valence-electron chi connectivity index (χ2n) is 7.80. The second-order valence-corrected chi connectivity index (χ2v) is 7.80. The number of allylic oxidation sites excluding steroid dienone is 1. The minimum Gasteiger partial charge on any atom is -0.497 e. The maximum Gasteiger partial charge on any atom is 0.328 e. The standard InChI is InChI=1S/C28H22FN3O3/c1-3-22(23-11-10-21(35-2)14-20(23)16-30)27(18-7-4-17(5-8-18)6-13-26(33)34)19-9-12-25-24(15-19)28(29)32-31-25/h4-15H,3H2,1-2H3,(H,31,32)(H,33,34). The van der Waals surface area contributed by atoms with E-state index in [1.807, 2.05) is 49.4 Å². The molecule has 2 N–H and O–H groups in total. The van der Waals surface area contributed by atoms with E-state index in [1.54, 1.807) is 25.3 Å². The van der Waals surface area contributed by atoms with E-state index in [4.69, 9.17) is 9.84 Å². The molecule has 4 rings (SSSR count). The Morgan fingerprint density at radius 2 is 1.89 bits per heavy atom. The number of nitriles is 1. The molecule has 3 aromatic carbocycles. The number of fused-ring (bicyclic) bond motifs is 1. The summed E-state index contributed by atoms with van der Waals surface area (Å²) >= 11 is 0. The number of hydrogen-bond acceptors (Lipinski definition) is 4. The first-order valence-corrected chi connectivity index (χ1v) is 10.9. The summed E-state index contributed by atoms with van der Waals surface area (Å²) in [4.78, 5) is 10.9. The Balaban J connectivity index is 1.98. The van der Waals surface area contributed by atoms with Gasteiger partial charge in [0.15, 0.2) is 0 Å². The molecule has 0 fully saturated rings. The van der Waals surface area contributed by atoms with Gasteiger partial charge in [0.1, 0.15) is 5.75 Å². The number of hydrogen-bond donors (Lipinski definition) is 2. The van der Waals surface area contributed by atoms with Crippen LogP contribution in [0.3, 0.4) is 0 Å². The van der Waals surface area contributed by atoms with Crippen LogP contribution in [0.1, 0.15) is 41.2 Å². The van der Waals surface area contributed by atoms with Gasteiger partial charge in [0.05, 0.1) is 29.6 Å². The van der Waals surface area contributed by atoms with E-state index in [1.165, 1.54) is 6.08 Å². The van der Waals surface area contributed by atoms with Crippen molar-refractivity contribution < 1.29 is 19.0 Å². The molecule has 0 bridgehead atoms. The second kappa shape index (κ2) is 10.1. The van der Waals surface area contributed by atoms with Gasteiger partial charge in [0.25, 0.3) is 0 Å². The number of H-pyrrole nitrogens is 1. The Bertz CT molecular complexity index is 1510. The molecule has 6 nitrogen and oxygen atoms in total. The van der Waals surface area contributed by atoms with Gasteiger partial charge in [-0.3, -0.25) is 5.10 Å². The number of benzene rings is 3. The first kappa shape index (κ1) is 23.5. The molecule has 1 heterocycles. The number of carbonyl (C=O) groups is 1. The van der Waals surface area contributed by atoms with Crippen LogP contribution in [0.2, 0.25) is 0 Å². The molecule has 0 saturated heterocycles. The third kappa shape index (κ3) is 4.82. The van der Waals surface area contributed by atoms with Crippen LogP contribution in [0.15, 0.2) is 66.7 Å². The summed E-state index contributed by atoms with van der Waals surface area (Å²) in [6.07, 6.45) is 3.19. The van der Waals surface area contributed by atoms with E-state index in [0.29, 0.717) is 28.6 Å². The van der Waals surface area contributed by atoms with E-state index in [-0.39, 0.29) is 0 Å². The summed E-state index contributed by atoms with van der Waals surface area (Å²) in [6.45, 7) is 2.00. The molecule has 4 aromatic rings. The van der Waals surface area contributed by atoms with Crippen molar-refractivity contribution in [2.75, 3.05) is 7.11 Å². The van der Waals surface area contributed by atoms with Crippen molar-refractivity contribution in [3.8, 4) is 11.8 Å². The highest BCUT2D eigenvalue weighted by Gasteiger charge is 2.18. The number of aliphatic carboxylic acids is 1. The van der Waals surface area contributed by atoms with Crippen molar-refractivity contribution in [2.45, 2.75) is 13.3 Å². The topological polar surface area (TPSA) is 99.0 Å². The van der Waals surface area contributed by atoms with E-state index in [9.17, 15) is 14.4 Å². The zero-order valence-electron chi connectivity index (χ0n) is 19.2. The molecule has 0 aliphatic carbocycles. The van der Waals surface area contributed by atoms with Crippen molar-refractivity contribution in [1.29, 1.82) is 5.26 Å². The maximum atomic E-state index is 14.3. The number of carboxylic acids is 1. The van der Waals surface area contributed by atoms with Gasteiger partial charge in [-0.25, -0.2) is 4.79 Å². The number of rotatable bonds is 7. The predicted octanol–water partition coefficient (Wildman–Crippen LogP) is 6.05. The summed E-state index contributed by atoms with van der Waals surface area (Å²) < 4.78 is 19.6. The lowest BCUT2D eigenvalue weighted by Crippen LogP contribution is -1.98. The number of nitrogens with one attached hydrogen (secondary N) is 1. The molecule has 0 aliphatic rings. The smallest absolute Gasteiger partial charge is 0.328 e. The third-order valence-corrected chi connectivity index (χ3v) is 5.75. The van der Waals surface area contributed by atoms with Gasteiger partial charge in [-0.15, -0.1) is 5.10 Å². The summed E-state index contributed by atoms with van der Waals surface area (Å²) in [6, 6.07) is 20.4. The van der Waals surface area contributed by atoms with Crippen LogP contribution in [-0.2, 0) is 4.79 Å². The lowest BCUT2D eigenvalue weighted by Gasteiger charge is -2.18. The van der Waals surface area contributed by atoms with Crippen molar-refractivity contribution in [2.24, 2.45) is 0 Å². The Hall–Kier alpha value is -4.70. The van der Waals surface area contributed by atoms with Gasteiger partial charge in [-0.05, 0) is 76.2 Å². The van der Waals surface area contributed by atoms with Gasteiger partial charge >= 0.3 is 5.97 Å². The SMILES string of the molecule is CCC(=C(c1ccc(C=CC(=O)O)cc1)c1ccc2[nH]nc(F)c2c1)c1ccc(OC)cc1C#N. The summed E-state index contributed by atoms with van der Waals surface area (Å²) in [7, 11) is 1.55. The van der Waals surface area contributed by atoms with Crippen molar-refractivity contribution in [1.82, 2.24) is 10.2 Å². The Morgan fingerprint density at radius 1 is 1.14 bits per heavy atom. The fourth-order valence-electron chi connectivity index (χ4n) is 4.09. The summed E-state index contributed by atoms with van der Waals surface area (Å²) in [5.41, 5.74) is 5.89. The van der Waals surface area contributed by atoms with Crippen molar-refractivity contribution in [3.05, 3.63) is 101 Å². The quantitative estimate of drug-likeness (QED) is 0.255. The number of nitrogens with zero attached hydrogens (tertiary/aromatic N) is 2. The van der Waals surface area contributed by atoms with E-state index < -0.39 is 11.9 Å². The molecule has 0 unspecified atom stereocenters. The van der Waals surface area contributed by atoms with Crippen molar-refractivity contribution >= 4 is 34.1 Å². The fourth-order valence-corrected chi connectivity index (χ4v) is 4.09.